The molecule has 1 aromatic heterocycles. The molecule has 0 amide bonds. The van der Waals surface area contributed by atoms with E-state index in [4.69, 9.17) is 19.9 Å². The molecule has 2 aromatic carbocycles. The van der Waals surface area contributed by atoms with E-state index in [0.29, 0.717) is 63.8 Å². The quantitative estimate of drug-likeness (QED) is 0.317. The number of hydrogen-bond acceptors (Lipinski definition) is 9. The highest BCUT2D eigenvalue weighted by Gasteiger charge is 2.10. The van der Waals surface area contributed by atoms with Crippen LogP contribution in [0.25, 0.3) is 11.4 Å². The SMILES string of the molecule is COc1ccccc1CNc1nc(NCCOCCOCCN)nc(-c2ccc(C)cc2)n1. The summed E-state index contributed by atoms with van der Waals surface area (Å²) in [5, 5.41) is 6.50. The lowest BCUT2D eigenvalue weighted by atomic mass is 10.1. The molecule has 1 heterocycles. The number of nitrogens with one attached hydrogen (secondary N) is 2. The standard InChI is InChI=1S/C24H32N6O3/c1-18-7-9-19(10-8-18)22-28-23(26-12-14-33-16-15-32-13-11-25)30-24(29-22)27-17-20-5-3-4-6-21(20)31-2/h3-10H,11-17,25H2,1-2H3,(H2,26,27,28,29,30). The molecular formula is C24H32N6O3. The second-order valence-electron chi connectivity index (χ2n) is 7.28. The molecule has 0 spiro atoms. The van der Waals surface area contributed by atoms with Crippen molar-refractivity contribution in [1.29, 1.82) is 0 Å². The first kappa shape index (κ1) is 24.4. The largest absolute Gasteiger partial charge is 0.496 e. The Hall–Kier alpha value is -3.27. The molecule has 0 atom stereocenters. The summed E-state index contributed by atoms with van der Waals surface area (Å²) < 4.78 is 16.3. The Bertz CT molecular complexity index is 984. The number of aryl methyl sites for hydroxylation is 1. The van der Waals surface area contributed by atoms with Gasteiger partial charge in [0.05, 0.1) is 33.5 Å². The molecule has 33 heavy (non-hydrogen) atoms. The molecular weight excluding hydrogens is 420 g/mol. The van der Waals surface area contributed by atoms with Gasteiger partial charge in [-0.3, -0.25) is 0 Å². The van der Waals surface area contributed by atoms with Crippen LogP contribution in [0, 0.1) is 6.92 Å². The Balaban J connectivity index is 1.66. The predicted molar refractivity (Wildman–Crippen MR) is 130 cm³/mol. The molecule has 9 heteroatoms. The summed E-state index contributed by atoms with van der Waals surface area (Å²) in [6.07, 6.45) is 0. The Kier molecular flexibility index (Phi) is 9.84. The molecule has 9 nitrogen and oxygen atoms in total. The van der Waals surface area contributed by atoms with Crippen LogP contribution in [0.1, 0.15) is 11.1 Å². The number of aromatic nitrogens is 3. The third kappa shape index (κ3) is 7.98. The van der Waals surface area contributed by atoms with E-state index in [0.717, 1.165) is 16.9 Å². The van der Waals surface area contributed by atoms with Gasteiger partial charge in [0.25, 0.3) is 0 Å². The van der Waals surface area contributed by atoms with E-state index >= 15 is 0 Å². The first-order chi connectivity index (χ1) is 16.2. The molecule has 0 unspecified atom stereocenters. The summed E-state index contributed by atoms with van der Waals surface area (Å²) in [5.41, 5.74) is 8.49. The highest BCUT2D eigenvalue weighted by molar-refractivity contribution is 5.58. The summed E-state index contributed by atoms with van der Waals surface area (Å²) in [7, 11) is 1.66. The van der Waals surface area contributed by atoms with E-state index in [2.05, 4.69) is 25.6 Å². The number of nitrogens with zero attached hydrogens (tertiary/aromatic N) is 3. The normalized spacial score (nSPS) is 10.8. The minimum atomic E-state index is 0.477. The van der Waals surface area contributed by atoms with Gasteiger partial charge in [-0.1, -0.05) is 48.0 Å². The van der Waals surface area contributed by atoms with E-state index in [1.54, 1.807) is 7.11 Å². The van der Waals surface area contributed by atoms with Crippen LogP contribution in [0.5, 0.6) is 5.75 Å². The molecule has 176 valence electrons. The molecule has 0 saturated carbocycles. The van der Waals surface area contributed by atoms with Gasteiger partial charge in [-0.25, -0.2) is 0 Å². The molecule has 0 radical (unpaired) electrons. The average molecular weight is 453 g/mol. The first-order valence-corrected chi connectivity index (χ1v) is 11.0. The molecule has 4 N–H and O–H groups in total. The van der Waals surface area contributed by atoms with Crippen molar-refractivity contribution in [3.63, 3.8) is 0 Å². The Morgan fingerprint density at radius 1 is 0.818 bits per heavy atom. The van der Waals surface area contributed by atoms with E-state index in [9.17, 15) is 0 Å². The van der Waals surface area contributed by atoms with Crippen LogP contribution in [0.3, 0.4) is 0 Å². The zero-order valence-electron chi connectivity index (χ0n) is 19.2. The smallest absolute Gasteiger partial charge is 0.228 e. The van der Waals surface area contributed by atoms with Crippen LogP contribution in [0.2, 0.25) is 0 Å². The first-order valence-electron chi connectivity index (χ1n) is 11.0. The minimum absolute atomic E-state index is 0.477. The van der Waals surface area contributed by atoms with Gasteiger partial charge in [-0.2, -0.15) is 15.0 Å². The lowest BCUT2D eigenvalue weighted by Gasteiger charge is -2.12. The van der Waals surface area contributed by atoms with E-state index in [1.165, 1.54) is 5.56 Å². The monoisotopic (exact) mass is 452 g/mol. The van der Waals surface area contributed by atoms with Crippen LogP contribution in [0.15, 0.2) is 48.5 Å². The fraction of sp³-hybridized carbons (Fsp3) is 0.375. The number of para-hydroxylation sites is 1. The molecule has 0 bridgehead atoms. The van der Waals surface area contributed by atoms with Crippen molar-refractivity contribution in [1.82, 2.24) is 15.0 Å². The maximum atomic E-state index is 5.56. The predicted octanol–water partition coefficient (Wildman–Crippen LogP) is 2.87. The van der Waals surface area contributed by atoms with Crippen molar-refractivity contribution in [2.45, 2.75) is 13.5 Å². The van der Waals surface area contributed by atoms with Gasteiger partial charge in [0.1, 0.15) is 5.75 Å². The zero-order chi connectivity index (χ0) is 23.3. The number of hydrogen-bond donors (Lipinski definition) is 3. The van der Waals surface area contributed by atoms with Gasteiger partial charge in [0.15, 0.2) is 5.82 Å². The molecule has 0 aliphatic carbocycles. The summed E-state index contributed by atoms with van der Waals surface area (Å²) >= 11 is 0. The van der Waals surface area contributed by atoms with Gasteiger partial charge < -0.3 is 30.6 Å². The lowest BCUT2D eigenvalue weighted by molar-refractivity contribution is 0.0547. The highest BCUT2D eigenvalue weighted by Crippen LogP contribution is 2.21. The van der Waals surface area contributed by atoms with E-state index in [-0.39, 0.29) is 0 Å². The fourth-order valence-corrected chi connectivity index (χ4v) is 3.03. The average Bonchev–Trinajstić information content (AvgIpc) is 2.85. The van der Waals surface area contributed by atoms with Crippen LogP contribution in [0.4, 0.5) is 11.9 Å². The molecule has 3 aromatic rings. The van der Waals surface area contributed by atoms with Crippen molar-refractivity contribution in [3.05, 3.63) is 59.7 Å². The topological polar surface area (TPSA) is 116 Å². The highest BCUT2D eigenvalue weighted by atomic mass is 16.5. The van der Waals surface area contributed by atoms with Crippen molar-refractivity contribution in [2.75, 3.05) is 57.3 Å². The number of nitrogens with two attached hydrogens (primary N) is 1. The second kappa shape index (κ2) is 13.3. The van der Waals surface area contributed by atoms with E-state index < -0.39 is 0 Å². The maximum Gasteiger partial charge on any atom is 0.228 e. The van der Waals surface area contributed by atoms with Crippen molar-refractivity contribution in [3.8, 4) is 17.1 Å². The number of methoxy groups -OCH3 is 1. The molecule has 0 fully saturated rings. The van der Waals surface area contributed by atoms with Crippen LogP contribution >= 0.6 is 0 Å². The number of rotatable bonds is 14. The Labute approximate surface area is 194 Å². The van der Waals surface area contributed by atoms with E-state index in [1.807, 2.05) is 55.5 Å². The minimum Gasteiger partial charge on any atom is -0.496 e. The van der Waals surface area contributed by atoms with Crippen LogP contribution < -0.4 is 21.1 Å². The van der Waals surface area contributed by atoms with Gasteiger partial charge in [0, 0.05) is 30.8 Å². The van der Waals surface area contributed by atoms with Crippen LogP contribution in [-0.4, -0.2) is 61.6 Å². The van der Waals surface area contributed by atoms with Crippen molar-refractivity contribution < 1.29 is 14.2 Å². The third-order valence-corrected chi connectivity index (χ3v) is 4.74. The summed E-state index contributed by atoms with van der Waals surface area (Å²) in [5.74, 6) is 2.35. The second-order valence-corrected chi connectivity index (χ2v) is 7.28. The van der Waals surface area contributed by atoms with Crippen molar-refractivity contribution >= 4 is 11.9 Å². The van der Waals surface area contributed by atoms with Crippen molar-refractivity contribution in [2.24, 2.45) is 5.73 Å². The Morgan fingerprint density at radius 3 is 2.24 bits per heavy atom. The summed E-state index contributed by atoms with van der Waals surface area (Å²) in [6, 6.07) is 15.9. The molecule has 0 aliphatic heterocycles. The van der Waals surface area contributed by atoms with Gasteiger partial charge in [-0.15, -0.1) is 0 Å². The van der Waals surface area contributed by atoms with Gasteiger partial charge in [0.2, 0.25) is 11.9 Å². The lowest BCUT2D eigenvalue weighted by Crippen LogP contribution is -2.16. The maximum absolute atomic E-state index is 5.56. The Morgan fingerprint density at radius 2 is 1.52 bits per heavy atom. The number of anilines is 2. The van der Waals surface area contributed by atoms with Crippen LogP contribution in [-0.2, 0) is 16.0 Å². The molecule has 3 rings (SSSR count). The summed E-state index contributed by atoms with van der Waals surface area (Å²) in [6.45, 7) is 5.72. The number of ether oxygens (including phenoxy) is 3. The third-order valence-electron chi connectivity index (χ3n) is 4.74. The molecule has 0 saturated heterocycles. The zero-order valence-corrected chi connectivity index (χ0v) is 19.2. The van der Waals surface area contributed by atoms with Gasteiger partial charge >= 0.3 is 0 Å². The molecule has 0 aliphatic rings. The fourth-order valence-electron chi connectivity index (χ4n) is 3.03. The summed E-state index contributed by atoms with van der Waals surface area (Å²) in [4.78, 5) is 13.7. The number of benzene rings is 2. The van der Waals surface area contributed by atoms with Gasteiger partial charge in [-0.05, 0) is 13.0 Å².